The lowest BCUT2D eigenvalue weighted by molar-refractivity contribution is 0.0525. The van der Waals surface area contributed by atoms with Gasteiger partial charge in [0.25, 0.3) is 0 Å². The molecule has 4 heteroatoms. The third-order valence-electron chi connectivity index (χ3n) is 3.73. The van der Waals surface area contributed by atoms with Crippen molar-refractivity contribution in [3.05, 3.63) is 29.3 Å². The van der Waals surface area contributed by atoms with Gasteiger partial charge in [-0.1, -0.05) is 6.07 Å². The van der Waals surface area contributed by atoms with E-state index in [4.69, 9.17) is 10.00 Å². The Labute approximate surface area is 120 Å². The number of aliphatic hydroxyl groups is 1. The Morgan fingerprint density at radius 1 is 1.55 bits per heavy atom. The fraction of sp³-hybridized carbons (Fsp3) is 0.562. The van der Waals surface area contributed by atoms with Gasteiger partial charge in [-0.05, 0) is 38.8 Å². The van der Waals surface area contributed by atoms with Gasteiger partial charge in [-0.2, -0.15) is 5.26 Å². The minimum absolute atomic E-state index is 0.237. The molecule has 4 nitrogen and oxygen atoms in total. The zero-order chi connectivity index (χ0) is 14.5. The van der Waals surface area contributed by atoms with Crippen LogP contribution in [0.4, 0.5) is 5.69 Å². The van der Waals surface area contributed by atoms with Crippen molar-refractivity contribution in [2.75, 3.05) is 24.6 Å². The molecule has 1 N–H and O–H groups in total. The number of anilines is 1. The zero-order valence-corrected chi connectivity index (χ0v) is 12.2. The van der Waals surface area contributed by atoms with Crippen molar-refractivity contribution in [1.82, 2.24) is 0 Å². The highest BCUT2D eigenvalue weighted by molar-refractivity contribution is 5.58. The number of benzene rings is 1. The van der Waals surface area contributed by atoms with Crippen molar-refractivity contribution in [2.45, 2.75) is 38.9 Å². The normalized spacial score (nSPS) is 20.5. The molecule has 1 saturated heterocycles. The number of piperidine rings is 1. The Balaban J connectivity index is 2.27. The third-order valence-corrected chi connectivity index (χ3v) is 3.73. The third kappa shape index (κ3) is 3.30. The molecule has 2 atom stereocenters. The molecule has 0 aliphatic carbocycles. The second-order valence-electron chi connectivity index (χ2n) is 5.23. The van der Waals surface area contributed by atoms with E-state index in [2.05, 4.69) is 11.0 Å². The van der Waals surface area contributed by atoms with E-state index >= 15 is 0 Å². The number of nitriles is 1. The Hall–Kier alpha value is -1.57. The minimum Gasteiger partial charge on any atom is -0.389 e. The molecule has 1 heterocycles. The molecule has 0 aromatic heterocycles. The molecule has 1 aromatic carbocycles. The molecule has 0 spiro atoms. The maximum absolute atomic E-state index is 9.93. The summed E-state index contributed by atoms with van der Waals surface area (Å²) in [7, 11) is 0. The van der Waals surface area contributed by atoms with Gasteiger partial charge in [0.2, 0.25) is 0 Å². The van der Waals surface area contributed by atoms with Gasteiger partial charge < -0.3 is 14.7 Å². The van der Waals surface area contributed by atoms with Gasteiger partial charge >= 0.3 is 0 Å². The van der Waals surface area contributed by atoms with Crippen LogP contribution >= 0.6 is 0 Å². The van der Waals surface area contributed by atoms with Crippen molar-refractivity contribution in [2.24, 2.45) is 0 Å². The molecule has 1 aliphatic heterocycles. The van der Waals surface area contributed by atoms with Crippen LogP contribution in [0.15, 0.2) is 18.2 Å². The monoisotopic (exact) mass is 274 g/mol. The average Bonchev–Trinajstić information content (AvgIpc) is 2.47. The highest BCUT2D eigenvalue weighted by atomic mass is 16.5. The van der Waals surface area contributed by atoms with E-state index in [9.17, 15) is 5.11 Å². The Bertz CT molecular complexity index is 492. The summed E-state index contributed by atoms with van der Waals surface area (Å²) >= 11 is 0. The van der Waals surface area contributed by atoms with Gasteiger partial charge in [0.15, 0.2) is 0 Å². The number of aliphatic hydroxyl groups excluding tert-OH is 1. The van der Waals surface area contributed by atoms with Crippen molar-refractivity contribution in [3.63, 3.8) is 0 Å². The van der Waals surface area contributed by atoms with Crippen LogP contribution in [-0.2, 0) is 4.74 Å². The first-order chi connectivity index (χ1) is 9.65. The summed E-state index contributed by atoms with van der Waals surface area (Å²) in [5.41, 5.74) is 2.47. The molecule has 1 aliphatic rings. The van der Waals surface area contributed by atoms with E-state index in [1.807, 2.05) is 19.1 Å². The first kappa shape index (κ1) is 14.8. The lowest BCUT2D eigenvalue weighted by atomic mass is 10.0. The topological polar surface area (TPSA) is 56.5 Å². The molecular formula is C16H22N2O2. The fourth-order valence-electron chi connectivity index (χ4n) is 2.77. The minimum atomic E-state index is -0.537. The zero-order valence-electron chi connectivity index (χ0n) is 12.2. The van der Waals surface area contributed by atoms with E-state index in [0.29, 0.717) is 5.56 Å². The Morgan fingerprint density at radius 3 is 3.00 bits per heavy atom. The summed E-state index contributed by atoms with van der Waals surface area (Å²) in [5.74, 6) is 0. The first-order valence-electron chi connectivity index (χ1n) is 7.24. The summed E-state index contributed by atoms with van der Waals surface area (Å²) in [6.45, 7) is 6.26. The van der Waals surface area contributed by atoms with Crippen molar-refractivity contribution >= 4 is 5.69 Å². The largest absolute Gasteiger partial charge is 0.389 e. The Kier molecular flexibility index (Phi) is 4.99. The molecule has 20 heavy (non-hydrogen) atoms. The number of nitrogens with zero attached hydrogens (tertiary/aromatic N) is 2. The van der Waals surface area contributed by atoms with Gasteiger partial charge in [-0.25, -0.2) is 0 Å². The number of hydrogen-bond acceptors (Lipinski definition) is 4. The second-order valence-corrected chi connectivity index (χ2v) is 5.23. The molecule has 0 bridgehead atoms. The van der Waals surface area contributed by atoms with Crippen LogP contribution in [0, 0.1) is 11.3 Å². The van der Waals surface area contributed by atoms with E-state index in [-0.39, 0.29) is 6.10 Å². The predicted octanol–water partition coefficient (Wildman–Crippen LogP) is 2.62. The summed E-state index contributed by atoms with van der Waals surface area (Å²) in [4.78, 5) is 2.23. The van der Waals surface area contributed by atoms with Gasteiger partial charge in [0.05, 0.1) is 23.8 Å². The predicted molar refractivity (Wildman–Crippen MR) is 78.7 cm³/mol. The highest BCUT2D eigenvalue weighted by Gasteiger charge is 2.23. The molecule has 0 amide bonds. The van der Waals surface area contributed by atoms with Gasteiger partial charge in [0, 0.05) is 30.9 Å². The maximum Gasteiger partial charge on any atom is 0.0992 e. The van der Waals surface area contributed by atoms with Crippen LogP contribution in [0.2, 0.25) is 0 Å². The molecule has 108 valence electrons. The van der Waals surface area contributed by atoms with Crippen molar-refractivity contribution in [3.8, 4) is 6.07 Å². The summed E-state index contributed by atoms with van der Waals surface area (Å²) < 4.78 is 5.72. The Morgan fingerprint density at radius 2 is 2.35 bits per heavy atom. The molecular weight excluding hydrogens is 252 g/mol. The van der Waals surface area contributed by atoms with Crippen LogP contribution in [0.1, 0.15) is 43.9 Å². The van der Waals surface area contributed by atoms with E-state index in [0.717, 1.165) is 43.8 Å². The van der Waals surface area contributed by atoms with Crippen LogP contribution in [0.3, 0.4) is 0 Å². The van der Waals surface area contributed by atoms with Crippen LogP contribution in [0.5, 0.6) is 0 Å². The van der Waals surface area contributed by atoms with Gasteiger partial charge in [0.1, 0.15) is 0 Å². The second kappa shape index (κ2) is 6.74. The number of ether oxygens (including phenoxy) is 1. The smallest absolute Gasteiger partial charge is 0.0992 e. The lowest BCUT2D eigenvalue weighted by Gasteiger charge is -2.35. The standard InChI is InChI=1S/C16H22N2O2/c1-3-20-14-5-4-8-18(11-14)16-9-13(10-17)6-7-15(16)12(2)19/h6-7,9,12,14,19H,3-5,8,11H2,1-2H3. The summed E-state index contributed by atoms with van der Waals surface area (Å²) in [6.07, 6.45) is 1.85. The fourth-order valence-corrected chi connectivity index (χ4v) is 2.77. The van der Waals surface area contributed by atoms with Crippen molar-refractivity contribution in [1.29, 1.82) is 5.26 Å². The quantitative estimate of drug-likeness (QED) is 0.917. The molecule has 2 rings (SSSR count). The van der Waals surface area contributed by atoms with E-state index < -0.39 is 6.10 Å². The molecule has 1 fully saturated rings. The van der Waals surface area contributed by atoms with E-state index in [1.165, 1.54) is 0 Å². The van der Waals surface area contributed by atoms with E-state index in [1.54, 1.807) is 13.0 Å². The summed E-state index contributed by atoms with van der Waals surface area (Å²) in [6, 6.07) is 7.65. The highest BCUT2D eigenvalue weighted by Crippen LogP contribution is 2.30. The molecule has 2 unspecified atom stereocenters. The lowest BCUT2D eigenvalue weighted by Crippen LogP contribution is -2.40. The molecule has 1 aromatic rings. The van der Waals surface area contributed by atoms with Gasteiger partial charge in [-0.15, -0.1) is 0 Å². The first-order valence-corrected chi connectivity index (χ1v) is 7.24. The SMILES string of the molecule is CCOC1CCCN(c2cc(C#N)ccc2C(C)O)C1. The molecule has 0 saturated carbocycles. The van der Waals surface area contributed by atoms with Crippen LogP contribution < -0.4 is 4.90 Å². The van der Waals surface area contributed by atoms with Crippen LogP contribution in [-0.4, -0.2) is 30.9 Å². The van der Waals surface area contributed by atoms with Crippen LogP contribution in [0.25, 0.3) is 0 Å². The number of rotatable bonds is 4. The maximum atomic E-state index is 9.93. The summed E-state index contributed by atoms with van der Waals surface area (Å²) in [5, 5.41) is 19.0. The van der Waals surface area contributed by atoms with Gasteiger partial charge in [-0.3, -0.25) is 0 Å². The number of hydrogen-bond donors (Lipinski definition) is 1. The molecule has 0 radical (unpaired) electrons. The average molecular weight is 274 g/mol. The van der Waals surface area contributed by atoms with Crippen molar-refractivity contribution < 1.29 is 9.84 Å².